The first-order valence-electron chi connectivity index (χ1n) is 7.64. The highest BCUT2D eigenvalue weighted by molar-refractivity contribution is 7.10. The summed E-state index contributed by atoms with van der Waals surface area (Å²) in [4.78, 5) is 24.3. The largest absolute Gasteiger partial charge is 0.352 e. The van der Waals surface area contributed by atoms with E-state index in [1.54, 1.807) is 0 Å². The summed E-state index contributed by atoms with van der Waals surface area (Å²) in [6, 6.07) is 7.35. The fraction of sp³-hybridized carbons (Fsp3) is 0.353. The summed E-state index contributed by atoms with van der Waals surface area (Å²) in [7, 11) is 0. The second kappa shape index (κ2) is 7.23. The van der Waals surface area contributed by atoms with Crippen molar-refractivity contribution in [2.24, 2.45) is 5.18 Å². The summed E-state index contributed by atoms with van der Waals surface area (Å²) < 4.78 is 0. The molecule has 4 nitrogen and oxygen atoms in total. The minimum atomic E-state index is -0.281. The van der Waals surface area contributed by atoms with Crippen molar-refractivity contribution < 1.29 is 4.79 Å². The topological polar surface area (TPSA) is 58.5 Å². The number of nitrogens with one attached hydrogen (secondary N) is 1. The molecule has 1 amide bonds. The molecule has 1 aliphatic carbocycles. The van der Waals surface area contributed by atoms with E-state index < -0.39 is 0 Å². The van der Waals surface area contributed by atoms with Crippen molar-refractivity contribution in [3.05, 3.63) is 61.1 Å². The van der Waals surface area contributed by atoms with Crippen molar-refractivity contribution in [3.63, 3.8) is 0 Å². The van der Waals surface area contributed by atoms with Crippen molar-refractivity contribution in [2.45, 2.75) is 31.7 Å². The quantitative estimate of drug-likeness (QED) is 0.808. The molecule has 0 aliphatic heterocycles. The van der Waals surface area contributed by atoms with E-state index in [0.717, 1.165) is 41.7 Å². The van der Waals surface area contributed by atoms with E-state index in [1.807, 2.05) is 29.6 Å². The first-order chi connectivity index (χ1) is 11.2. The van der Waals surface area contributed by atoms with E-state index in [0.29, 0.717) is 17.1 Å². The van der Waals surface area contributed by atoms with Gasteiger partial charge in [0.15, 0.2) is 0 Å². The zero-order valence-corrected chi connectivity index (χ0v) is 14.1. The number of hydrogen-bond donors (Lipinski definition) is 1. The monoisotopic (exact) mass is 348 g/mol. The Hall–Kier alpha value is -1.72. The normalized spacial score (nSPS) is 16.7. The number of rotatable bonds is 5. The molecule has 23 heavy (non-hydrogen) atoms. The van der Waals surface area contributed by atoms with E-state index in [2.05, 4.69) is 10.5 Å². The van der Waals surface area contributed by atoms with Crippen molar-refractivity contribution in [1.82, 2.24) is 5.32 Å². The molecule has 0 saturated heterocycles. The van der Waals surface area contributed by atoms with E-state index in [-0.39, 0.29) is 11.9 Å². The summed E-state index contributed by atoms with van der Waals surface area (Å²) in [5.74, 6) is -0.0731. The maximum atomic E-state index is 12.4. The fourth-order valence-electron chi connectivity index (χ4n) is 2.94. The van der Waals surface area contributed by atoms with Gasteiger partial charge in [0.25, 0.3) is 5.91 Å². The van der Waals surface area contributed by atoms with Crippen molar-refractivity contribution in [2.75, 3.05) is 6.54 Å². The van der Waals surface area contributed by atoms with Crippen LogP contribution >= 0.6 is 22.9 Å². The van der Waals surface area contributed by atoms with Crippen LogP contribution in [0.5, 0.6) is 0 Å². The van der Waals surface area contributed by atoms with E-state index in [1.165, 1.54) is 11.3 Å². The second-order valence-corrected chi connectivity index (χ2v) is 6.99. The number of carbonyl (C=O) groups is 1. The Balaban J connectivity index is 1.63. The molecule has 1 heterocycles. The van der Waals surface area contributed by atoms with Gasteiger partial charge in [-0.15, -0.1) is 11.3 Å². The van der Waals surface area contributed by atoms with Gasteiger partial charge in [-0.3, -0.25) is 4.79 Å². The lowest BCUT2D eigenvalue weighted by Crippen LogP contribution is -2.26. The molecular weight excluding hydrogens is 332 g/mol. The van der Waals surface area contributed by atoms with Crippen LogP contribution in [0.1, 0.15) is 45.2 Å². The van der Waals surface area contributed by atoms with Crippen LogP contribution in [0, 0.1) is 4.91 Å². The third-order valence-corrected chi connectivity index (χ3v) is 5.45. The number of carbonyl (C=O) groups excluding carboxylic acids is 1. The Kier molecular flexibility index (Phi) is 5.08. The molecule has 0 spiro atoms. The molecule has 6 heteroatoms. The van der Waals surface area contributed by atoms with Gasteiger partial charge < -0.3 is 5.32 Å². The van der Waals surface area contributed by atoms with Crippen molar-refractivity contribution in [3.8, 4) is 0 Å². The van der Waals surface area contributed by atoms with Crippen LogP contribution in [-0.4, -0.2) is 12.5 Å². The Morgan fingerprint density at radius 1 is 1.43 bits per heavy atom. The number of nitroso groups, excluding NO2 is 1. The summed E-state index contributed by atoms with van der Waals surface area (Å²) in [6.07, 6.45) is 3.27. The smallest absolute Gasteiger partial charge is 0.252 e. The van der Waals surface area contributed by atoms with Crippen LogP contribution < -0.4 is 5.32 Å². The zero-order chi connectivity index (χ0) is 16.2. The number of benzene rings is 1. The van der Waals surface area contributed by atoms with Crippen LogP contribution in [0.4, 0.5) is 0 Å². The maximum absolute atomic E-state index is 12.4. The SMILES string of the molecule is O=NC1CCCc2c(C(=O)NCCc3cccc(Cl)c3)csc21. The minimum Gasteiger partial charge on any atom is -0.352 e. The Labute approximate surface area is 143 Å². The molecule has 1 aromatic carbocycles. The Bertz CT molecular complexity index is 729. The number of halogens is 1. The molecule has 1 aromatic heterocycles. The Morgan fingerprint density at radius 2 is 2.30 bits per heavy atom. The number of hydrogen-bond acceptors (Lipinski definition) is 4. The van der Waals surface area contributed by atoms with E-state index in [4.69, 9.17) is 11.6 Å². The van der Waals surface area contributed by atoms with Crippen LogP contribution in [0.2, 0.25) is 5.02 Å². The molecule has 120 valence electrons. The fourth-order valence-corrected chi connectivity index (χ4v) is 4.32. The van der Waals surface area contributed by atoms with Gasteiger partial charge >= 0.3 is 0 Å². The molecule has 0 fully saturated rings. The molecule has 2 aromatic rings. The predicted octanol–water partition coefficient (Wildman–Crippen LogP) is 4.52. The molecule has 3 rings (SSSR count). The van der Waals surface area contributed by atoms with Crippen molar-refractivity contribution in [1.29, 1.82) is 0 Å². The number of amides is 1. The number of fused-ring (bicyclic) bond motifs is 1. The molecule has 1 aliphatic rings. The van der Waals surface area contributed by atoms with Gasteiger partial charge in [-0.25, -0.2) is 0 Å². The van der Waals surface area contributed by atoms with Crippen LogP contribution in [0.15, 0.2) is 34.8 Å². The first-order valence-corrected chi connectivity index (χ1v) is 8.90. The molecule has 1 unspecified atom stereocenters. The summed E-state index contributed by atoms with van der Waals surface area (Å²) in [5.41, 5.74) is 2.80. The average molecular weight is 349 g/mol. The number of nitrogens with zero attached hydrogens (tertiary/aromatic N) is 1. The van der Waals surface area contributed by atoms with Crippen LogP contribution in [0.3, 0.4) is 0 Å². The van der Waals surface area contributed by atoms with Gasteiger partial charge in [-0.1, -0.05) is 28.9 Å². The summed E-state index contributed by atoms with van der Waals surface area (Å²) in [6.45, 7) is 0.555. The highest BCUT2D eigenvalue weighted by Crippen LogP contribution is 2.38. The second-order valence-electron chi connectivity index (χ2n) is 5.64. The highest BCUT2D eigenvalue weighted by Gasteiger charge is 2.27. The molecule has 0 bridgehead atoms. The summed E-state index contributed by atoms with van der Waals surface area (Å²) >= 11 is 7.43. The average Bonchev–Trinajstić information content (AvgIpc) is 2.99. The third kappa shape index (κ3) is 3.62. The summed E-state index contributed by atoms with van der Waals surface area (Å²) in [5, 5.41) is 8.69. The van der Waals surface area contributed by atoms with Gasteiger partial charge in [0.05, 0.1) is 5.56 Å². The van der Waals surface area contributed by atoms with Gasteiger partial charge in [0.1, 0.15) is 6.04 Å². The molecule has 0 saturated carbocycles. The lowest BCUT2D eigenvalue weighted by Gasteiger charge is -2.17. The van der Waals surface area contributed by atoms with E-state index >= 15 is 0 Å². The molecule has 1 N–H and O–H groups in total. The van der Waals surface area contributed by atoms with E-state index in [9.17, 15) is 9.70 Å². The van der Waals surface area contributed by atoms with Gasteiger partial charge in [-0.2, -0.15) is 4.91 Å². The maximum Gasteiger partial charge on any atom is 0.252 e. The van der Waals surface area contributed by atoms with Gasteiger partial charge in [0, 0.05) is 21.8 Å². The van der Waals surface area contributed by atoms with Crippen LogP contribution in [0.25, 0.3) is 0 Å². The predicted molar refractivity (Wildman–Crippen MR) is 93.3 cm³/mol. The molecule has 1 atom stereocenters. The number of thiophene rings is 1. The van der Waals surface area contributed by atoms with Gasteiger partial charge in [0.2, 0.25) is 0 Å². The van der Waals surface area contributed by atoms with Crippen LogP contribution in [-0.2, 0) is 12.8 Å². The lowest BCUT2D eigenvalue weighted by molar-refractivity contribution is 0.0953. The standard InChI is InChI=1S/C17H17ClN2O2S/c18-12-4-1-3-11(9-12)7-8-19-17(21)14-10-23-16-13(14)5-2-6-15(16)20-22/h1,3-4,9-10,15H,2,5-8H2,(H,19,21). The lowest BCUT2D eigenvalue weighted by atomic mass is 9.92. The zero-order valence-electron chi connectivity index (χ0n) is 12.5. The minimum absolute atomic E-state index is 0.0731. The first kappa shape index (κ1) is 16.1. The molecule has 0 radical (unpaired) electrons. The Morgan fingerprint density at radius 3 is 3.09 bits per heavy atom. The highest BCUT2D eigenvalue weighted by atomic mass is 35.5. The van der Waals surface area contributed by atoms with Crippen molar-refractivity contribution >= 4 is 28.8 Å². The third-order valence-electron chi connectivity index (χ3n) is 4.09. The molecular formula is C17H17ClN2O2S. The van der Waals surface area contributed by atoms with Gasteiger partial charge in [-0.05, 0) is 48.9 Å².